The van der Waals surface area contributed by atoms with Crippen molar-refractivity contribution >= 4 is 23.9 Å². The van der Waals surface area contributed by atoms with E-state index in [1.807, 2.05) is 62.3 Å². The smallest absolute Gasteiger partial charge is 0.311 e. The summed E-state index contributed by atoms with van der Waals surface area (Å²) in [7, 11) is 0. The molecule has 5 aliphatic heterocycles. The number of hydrogen-bond acceptors (Lipinski definition) is 12. The Hall–Kier alpha value is -2.28. The van der Waals surface area contributed by atoms with E-state index in [9.17, 15) is 19.2 Å². The number of cyclic esters (lactones) is 4. The molecule has 0 amide bonds. The van der Waals surface area contributed by atoms with Crippen molar-refractivity contribution in [3.05, 3.63) is 0 Å². The van der Waals surface area contributed by atoms with Crippen LogP contribution in [0.4, 0.5) is 0 Å². The minimum atomic E-state index is -0.445. The van der Waals surface area contributed by atoms with Crippen molar-refractivity contribution in [2.45, 2.75) is 225 Å². The molecular weight excluding hydrogens is 720 g/mol. The van der Waals surface area contributed by atoms with Gasteiger partial charge in [-0.15, -0.1) is 0 Å². The average molecular weight is 793 g/mol. The number of esters is 4. The summed E-state index contributed by atoms with van der Waals surface area (Å²) in [5, 5.41) is 0. The third-order valence-electron chi connectivity index (χ3n) is 13.2. The highest BCUT2D eigenvalue weighted by Gasteiger charge is 2.42. The van der Waals surface area contributed by atoms with Gasteiger partial charge < -0.3 is 37.9 Å². The average Bonchev–Trinajstić information content (AvgIpc) is 4.01. The second-order valence-electron chi connectivity index (χ2n) is 18.0. The van der Waals surface area contributed by atoms with Crippen LogP contribution in [0, 0.1) is 29.6 Å². The van der Waals surface area contributed by atoms with E-state index in [4.69, 9.17) is 37.9 Å². The number of rotatable bonds is 3. The maximum absolute atomic E-state index is 13.5. The van der Waals surface area contributed by atoms with Gasteiger partial charge in [0.1, 0.15) is 24.4 Å². The van der Waals surface area contributed by atoms with Crippen molar-refractivity contribution in [3.63, 3.8) is 0 Å². The predicted molar refractivity (Wildman–Crippen MR) is 207 cm³/mol. The van der Waals surface area contributed by atoms with E-state index in [0.717, 1.165) is 51.4 Å². The van der Waals surface area contributed by atoms with Gasteiger partial charge in [0.25, 0.3) is 0 Å². The monoisotopic (exact) mass is 793 g/mol. The van der Waals surface area contributed by atoms with Gasteiger partial charge in [-0.05, 0) is 105 Å². The van der Waals surface area contributed by atoms with Gasteiger partial charge in [-0.25, -0.2) is 0 Å². The number of hydrogen-bond donors (Lipinski definition) is 0. The molecule has 0 aromatic rings. The summed E-state index contributed by atoms with van der Waals surface area (Å²) < 4.78 is 49.6. The van der Waals surface area contributed by atoms with Gasteiger partial charge in [0.2, 0.25) is 0 Å². The van der Waals surface area contributed by atoms with E-state index in [-0.39, 0.29) is 103 Å². The lowest BCUT2D eigenvalue weighted by molar-refractivity contribution is -0.164. The molecule has 320 valence electrons. The summed E-state index contributed by atoms with van der Waals surface area (Å²) in [5.41, 5.74) is 0. The Kier molecular flexibility index (Phi) is 16.5. The molecule has 0 unspecified atom stereocenters. The first kappa shape index (κ1) is 44.8. The summed E-state index contributed by atoms with van der Waals surface area (Å²) in [6, 6.07) is 0. The van der Waals surface area contributed by atoms with Crippen LogP contribution in [-0.4, -0.2) is 97.1 Å². The molecule has 16 atom stereocenters. The van der Waals surface area contributed by atoms with Gasteiger partial charge in [-0.3, -0.25) is 19.2 Å². The summed E-state index contributed by atoms with van der Waals surface area (Å²) in [5.74, 6) is -2.81. The standard InChI is InChI=1S/C44H72O12/c1-10-30-21-33-13-17-36(51-33)26(6)41(45)49-25(5)20-32-12-16-37(50-32)27(7)42(46)54-31(11-2)22-34-14-18-39(52-34)29(9)44(48)56-40(24(3)4)23-35-15-19-38(53-35)28(8)43(47)55-30/h24-40H,10-23H2,1-9H3/t25-,26-,27+,28+,29-,30+,31+,32-,33+,34+,35-,36-,37+,38+,39-,40+/m1/s1. The fourth-order valence-corrected chi connectivity index (χ4v) is 9.13. The van der Waals surface area contributed by atoms with Crippen molar-refractivity contribution in [2.24, 2.45) is 29.6 Å². The normalized spacial score (nSPS) is 43.0. The van der Waals surface area contributed by atoms with Crippen LogP contribution in [0.3, 0.4) is 0 Å². The Morgan fingerprint density at radius 1 is 0.446 bits per heavy atom. The molecule has 12 heteroatoms. The first-order valence-electron chi connectivity index (χ1n) is 22.1. The van der Waals surface area contributed by atoms with Crippen LogP contribution in [0.5, 0.6) is 0 Å². The van der Waals surface area contributed by atoms with Crippen LogP contribution in [0.25, 0.3) is 0 Å². The molecule has 0 aliphatic carbocycles. The third-order valence-corrected chi connectivity index (χ3v) is 13.2. The highest BCUT2D eigenvalue weighted by Crippen LogP contribution is 2.36. The van der Waals surface area contributed by atoms with Gasteiger partial charge in [0.05, 0.1) is 72.5 Å². The molecule has 0 aromatic heterocycles. The predicted octanol–water partition coefficient (Wildman–Crippen LogP) is 7.44. The molecule has 5 fully saturated rings. The Labute approximate surface area is 335 Å². The lowest BCUT2D eigenvalue weighted by Gasteiger charge is -2.28. The van der Waals surface area contributed by atoms with Crippen LogP contribution >= 0.6 is 0 Å². The zero-order valence-electron chi connectivity index (χ0n) is 35.6. The molecule has 5 rings (SSSR count). The molecule has 8 bridgehead atoms. The molecule has 5 saturated heterocycles. The van der Waals surface area contributed by atoms with Gasteiger partial charge in [-0.1, -0.05) is 27.7 Å². The molecule has 5 heterocycles. The molecule has 5 aliphatic rings. The van der Waals surface area contributed by atoms with E-state index in [1.165, 1.54) is 0 Å². The van der Waals surface area contributed by atoms with Crippen molar-refractivity contribution in [1.29, 1.82) is 0 Å². The first-order valence-corrected chi connectivity index (χ1v) is 22.1. The first-order chi connectivity index (χ1) is 26.6. The lowest BCUT2D eigenvalue weighted by Crippen LogP contribution is -2.36. The van der Waals surface area contributed by atoms with Gasteiger partial charge in [0.15, 0.2) is 0 Å². The second kappa shape index (κ2) is 20.6. The number of fused-ring (bicyclic) bond motifs is 8. The van der Waals surface area contributed by atoms with Crippen molar-refractivity contribution in [3.8, 4) is 0 Å². The molecule has 0 aromatic carbocycles. The second-order valence-corrected chi connectivity index (χ2v) is 18.0. The molecule has 0 radical (unpaired) electrons. The van der Waals surface area contributed by atoms with Crippen molar-refractivity contribution < 1.29 is 57.1 Å². The zero-order valence-corrected chi connectivity index (χ0v) is 35.6. The molecular formula is C44H72O12. The summed E-state index contributed by atoms with van der Waals surface area (Å²) in [6.45, 7) is 17.4. The molecule has 56 heavy (non-hydrogen) atoms. The van der Waals surface area contributed by atoms with Crippen molar-refractivity contribution in [2.75, 3.05) is 0 Å². The third kappa shape index (κ3) is 11.9. The Bertz CT molecular complexity index is 1300. The van der Waals surface area contributed by atoms with Crippen LogP contribution in [0.2, 0.25) is 0 Å². The van der Waals surface area contributed by atoms with Gasteiger partial charge in [0, 0.05) is 25.7 Å². The fraction of sp³-hybridized carbons (Fsp3) is 0.909. The van der Waals surface area contributed by atoms with E-state index in [2.05, 4.69) is 0 Å². The van der Waals surface area contributed by atoms with Crippen LogP contribution in [0.15, 0.2) is 0 Å². The highest BCUT2D eigenvalue weighted by molar-refractivity contribution is 5.74. The van der Waals surface area contributed by atoms with Crippen LogP contribution in [-0.2, 0) is 57.1 Å². The number of carbonyl (C=O) groups excluding carboxylic acids is 4. The lowest BCUT2D eigenvalue weighted by atomic mass is 9.97. The van der Waals surface area contributed by atoms with Crippen molar-refractivity contribution in [1.82, 2.24) is 0 Å². The zero-order chi connectivity index (χ0) is 40.7. The van der Waals surface area contributed by atoms with Gasteiger partial charge >= 0.3 is 23.9 Å². The summed E-state index contributed by atoms with van der Waals surface area (Å²) >= 11 is 0. The molecule has 0 N–H and O–H groups in total. The summed E-state index contributed by atoms with van der Waals surface area (Å²) in [4.78, 5) is 53.5. The minimum absolute atomic E-state index is 0.0825. The Morgan fingerprint density at radius 2 is 0.768 bits per heavy atom. The van der Waals surface area contributed by atoms with E-state index in [0.29, 0.717) is 38.5 Å². The van der Waals surface area contributed by atoms with Crippen LogP contribution in [0.1, 0.15) is 152 Å². The SMILES string of the molecule is CC[C@H]1C[C@@H]2CC[C@@H](O2)[C@@H](C)C(=O)O[C@H](C(C)C)C[C@H]2CC[C@H](O2)[C@H](C)C(=O)O[C@@H](CC)C[C@@H]2CC[C@@H](O2)[C@@H](C)C(=O)O[C@H](C)C[C@H]2CC[C@H](O2)[C@H](C)C(=O)O1. The number of ether oxygens (including phenoxy) is 8. The largest absolute Gasteiger partial charge is 0.462 e. The molecule has 12 nitrogen and oxygen atoms in total. The quantitative estimate of drug-likeness (QED) is 0.207. The van der Waals surface area contributed by atoms with E-state index < -0.39 is 23.7 Å². The maximum Gasteiger partial charge on any atom is 0.311 e. The topological polar surface area (TPSA) is 142 Å². The Morgan fingerprint density at radius 3 is 1.12 bits per heavy atom. The minimum Gasteiger partial charge on any atom is -0.462 e. The number of carbonyl (C=O) groups is 4. The van der Waals surface area contributed by atoms with E-state index in [1.54, 1.807) is 0 Å². The summed E-state index contributed by atoms with van der Waals surface area (Å²) in [6.07, 6.45) is 6.68. The maximum atomic E-state index is 13.5. The molecule has 0 spiro atoms. The van der Waals surface area contributed by atoms with Crippen LogP contribution < -0.4 is 0 Å². The van der Waals surface area contributed by atoms with E-state index >= 15 is 0 Å². The molecule has 0 saturated carbocycles. The highest BCUT2D eigenvalue weighted by atomic mass is 16.6. The fourth-order valence-electron chi connectivity index (χ4n) is 9.13. The Balaban J connectivity index is 1.25. The van der Waals surface area contributed by atoms with Gasteiger partial charge in [-0.2, -0.15) is 0 Å².